The van der Waals surface area contributed by atoms with Crippen LogP contribution in [0, 0.1) is 13.8 Å². The molecule has 2 atom stereocenters. The molecule has 6 heteroatoms. The topological polar surface area (TPSA) is 110 Å². The maximum atomic E-state index is 13.1. The lowest BCUT2D eigenvalue weighted by Crippen LogP contribution is -2.55. The van der Waals surface area contributed by atoms with Crippen molar-refractivity contribution < 1.29 is 14.7 Å². The van der Waals surface area contributed by atoms with Gasteiger partial charge in [0, 0.05) is 13.0 Å². The first-order chi connectivity index (χ1) is 12.8. The zero-order chi connectivity index (χ0) is 19.7. The monoisotopic (exact) mass is 367 g/mol. The second kappa shape index (κ2) is 7.40. The van der Waals surface area contributed by atoms with Crippen molar-refractivity contribution in [3.05, 3.63) is 64.2 Å². The van der Waals surface area contributed by atoms with E-state index in [0.717, 1.165) is 27.8 Å². The Labute approximate surface area is 158 Å². The number of hydrogen-bond donors (Lipinski definition) is 3. The number of nitrogens with zero attached hydrogens (tertiary/aromatic N) is 1. The summed E-state index contributed by atoms with van der Waals surface area (Å²) in [6, 6.07) is 9.56. The van der Waals surface area contributed by atoms with Gasteiger partial charge in [-0.3, -0.25) is 9.59 Å². The minimum Gasteiger partial charge on any atom is -0.508 e. The zero-order valence-electron chi connectivity index (χ0n) is 15.6. The van der Waals surface area contributed by atoms with Gasteiger partial charge in [0.2, 0.25) is 11.8 Å². The van der Waals surface area contributed by atoms with Crippen molar-refractivity contribution in [1.82, 2.24) is 4.90 Å². The van der Waals surface area contributed by atoms with Crippen LogP contribution in [-0.2, 0) is 29.0 Å². The van der Waals surface area contributed by atoms with Crippen molar-refractivity contribution in [2.24, 2.45) is 11.5 Å². The van der Waals surface area contributed by atoms with Crippen LogP contribution in [0.15, 0.2) is 36.4 Å². The molecule has 5 N–H and O–H groups in total. The first-order valence-electron chi connectivity index (χ1n) is 8.99. The van der Waals surface area contributed by atoms with E-state index < -0.39 is 18.0 Å². The number of primary amides is 1. The lowest BCUT2D eigenvalue weighted by Gasteiger charge is -2.36. The standard InChI is InChI=1S/C21H25N3O3/c1-12-7-16(25)8-13(2)17(12)10-18(22)21(27)24-11-15-6-4-3-5-14(15)9-19(24)20(23)26/h3-8,18-19,25H,9-11,22H2,1-2H3,(H2,23,26)/t18-,19-/m0/s1. The van der Waals surface area contributed by atoms with Gasteiger partial charge in [-0.1, -0.05) is 24.3 Å². The van der Waals surface area contributed by atoms with Crippen LogP contribution in [0.4, 0.5) is 0 Å². The lowest BCUT2D eigenvalue weighted by atomic mass is 9.91. The maximum Gasteiger partial charge on any atom is 0.240 e. The van der Waals surface area contributed by atoms with Gasteiger partial charge in [0.1, 0.15) is 11.8 Å². The van der Waals surface area contributed by atoms with Gasteiger partial charge in [0.25, 0.3) is 0 Å². The normalized spacial score (nSPS) is 17.3. The van der Waals surface area contributed by atoms with Crippen LogP contribution in [0.5, 0.6) is 5.75 Å². The zero-order valence-corrected chi connectivity index (χ0v) is 15.6. The fourth-order valence-corrected chi connectivity index (χ4v) is 3.82. The first-order valence-corrected chi connectivity index (χ1v) is 8.99. The van der Waals surface area contributed by atoms with Crippen molar-refractivity contribution in [2.75, 3.05) is 0 Å². The summed E-state index contributed by atoms with van der Waals surface area (Å²) in [5, 5.41) is 9.70. The van der Waals surface area contributed by atoms with E-state index in [1.807, 2.05) is 38.1 Å². The quantitative estimate of drug-likeness (QED) is 0.757. The summed E-state index contributed by atoms with van der Waals surface area (Å²) in [6.07, 6.45) is 0.738. The van der Waals surface area contributed by atoms with Gasteiger partial charge in [-0.25, -0.2) is 0 Å². The second-order valence-corrected chi connectivity index (χ2v) is 7.23. The third kappa shape index (κ3) is 3.80. The van der Waals surface area contributed by atoms with Gasteiger partial charge in [-0.2, -0.15) is 0 Å². The number of aryl methyl sites for hydroxylation is 2. The average Bonchev–Trinajstić information content (AvgIpc) is 2.62. The molecule has 3 rings (SSSR count). The predicted molar refractivity (Wildman–Crippen MR) is 103 cm³/mol. The Bertz CT molecular complexity index is 871. The van der Waals surface area contributed by atoms with Crippen molar-refractivity contribution in [2.45, 2.75) is 45.3 Å². The van der Waals surface area contributed by atoms with E-state index in [-0.39, 0.29) is 11.7 Å². The third-order valence-corrected chi connectivity index (χ3v) is 5.28. The maximum absolute atomic E-state index is 13.1. The molecule has 0 fully saturated rings. The fraction of sp³-hybridized carbons (Fsp3) is 0.333. The Hall–Kier alpha value is -2.86. The summed E-state index contributed by atoms with van der Waals surface area (Å²) in [4.78, 5) is 26.5. The van der Waals surface area contributed by atoms with Gasteiger partial charge in [0.05, 0.1) is 6.04 Å². The highest BCUT2D eigenvalue weighted by Gasteiger charge is 2.35. The number of phenolic OH excluding ortho intramolecular Hbond substituents is 1. The van der Waals surface area contributed by atoms with Gasteiger partial charge < -0.3 is 21.5 Å². The van der Waals surface area contributed by atoms with Crippen molar-refractivity contribution in [1.29, 1.82) is 0 Å². The molecule has 2 aromatic rings. The molecule has 6 nitrogen and oxygen atoms in total. The number of hydrogen-bond acceptors (Lipinski definition) is 4. The molecule has 0 bridgehead atoms. The highest BCUT2D eigenvalue weighted by molar-refractivity contribution is 5.90. The lowest BCUT2D eigenvalue weighted by molar-refractivity contribution is -0.141. The molecule has 0 aromatic heterocycles. The number of aromatic hydroxyl groups is 1. The van der Waals surface area contributed by atoms with Crippen molar-refractivity contribution >= 4 is 11.8 Å². The Morgan fingerprint density at radius 1 is 1.19 bits per heavy atom. The van der Waals surface area contributed by atoms with E-state index in [1.54, 1.807) is 12.1 Å². The van der Waals surface area contributed by atoms with Gasteiger partial charge in [-0.15, -0.1) is 0 Å². The van der Waals surface area contributed by atoms with Crippen LogP contribution in [0.25, 0.3) is 0 Å². The van der Waals surface area contributed by atoms with Gasteiger partial charge in [-0.05, 0) is 60.2 Å². The molecule has 1 heterocycles. The van der Waals surface area contributed by atoms with Crippen LogP contribution in [-0.4, -0.2) is 33.9 Å². The minimum absolute atomic E-state index is 0.190. The first kappa shape index (κ1) is 18.9. The summed E-state index contributed by atoms with van der Waals surface area (Å²) >= 11 is 0. The number of phenols is 1. The third-order valence-electron chi connectivity index (χ3n) is 5.28. The van der Waals surface area contributed by atoms with Crippen LogP contribution in [0.2, 0.25) is 0 Å². The van der Waals surface area contributed by atoms with E-state index in [2.05, 4.69) is 0 Å². The number of carbonyl (C=O) groups is 2. The average molecular weight is 367 g/mol. The molecule has 142 valence electrons. The molecule has 0 unspecified atom stereocenters. The summed E-state index contributed by atoms with van der Waals surface area (Å²) < 4.78 is 0. The molecule has 0 saturated carbocycles. The van der Waals surface area contributed by atoms with Crippen LogP contribution < -0.4 is 11.5 Å². The molecule has 1 aliphatic rings. The van der Waals surface area contributed by atoms with Crippen LogP contribution >= 0.6 is 0 Å². The summed E-state index contributed by atoms with van der Waals surface area (Å²) in [6.45, 7) is 4.08. The Kier molecular flexibility index (Phi) is 5.19. The van der Waals surface area contributed by atoms with E-state index in [4.69, 9.17) is 11.5 Å². The summed E-state index contributed by atoms with van der Waals surface area (Å²) in [5.74, 6) is -0.627. The Balaban J connectivity index is 1.84. The minimum atomic E-state index is -0.793. The van der Waals surface area contributed by atoms with Crippen LogP contribution in [0.3, 0.4) is 0 Å². The molecule has 0 radical (unpaired) electrons. The molecule has 0 saturated heterocycles. The SMILES string of the molecule is Cc1cc(O)cc(C)c1C[C@H](N)C(=O)N1Cc2ccccc2C[C@H]1C(N)=O. The van der Waals surface area contributed by atoms with E-state index in [1.165, 1.54) is 4.90 Å². The molecule has 1 aliphatic heterocycles. The van der Waals surface area contributed by atoms with Crippen LogP contribution in [0.1, 0.15) is 27.8 Å². The number of amides is 2. The molecular formula is C21H25N3O3. The Morgan fingerprint density at radius 2 is 1.78 bits per heavy atom. The number of benzene rings is 2. The second-order valence-electron chi connectivity index (χ2n) is 7.23. The van der Waals surface area contributed by atoms with Crippen molar-refractivity contribution in [3.63, 3.8) is 0 Å². The summed E-state index contributed by atoms with van der Waals surface area (Å²) in [7, 11) is 0. The highest BCUT2D eigenvalue weighted by atomic mass is 16.3. The van der Waals surface area contributed by atoms with E-state index >= 15 is 0 Å². The largest absolute Gasteiger partial charge is 0.508 e. The fourth-order valence-electron chi connectivity index (χ4n) is 3.82. The number of nitrogens with two attached hydrogens (primary N) is 2. The van der Waals surface area contributed by atoms with Crippen molar-refractivity contribution in [3.8, 4) is 5.75 Å². The van der Waals surface area contributed by atoms with E-state index in [0.29, 0.717) is 19.4 Å². The molecule has 27 heavy (non-hydrogen) atoms. The molecule has 2 amide bonds. The molecule has 0 spiro atoms. The number of carbonyl (C=O) groups excluding carboxylic acids is 2. The van der Waals surface area contributed by atoms with E-state index in [9.17, 15) is 14.7 Å². The number of fused-ring (bicyclic) bond motifs is 1. The number of rotatable bonds is 4. The molecular weight excluding hydrogens is 342 g/mol. The van der Waals surface area contributed by atoms with Gasteiger partial charge in [0.15, 0.2) is 0 Å². The molecule has 2 aromatic carbocycles. The smallest absolute Gasteiger partial charge is 0.240 e. The predicted octanol–water partition coefficient (Wildman–Crippen LogP) is 1.32. The summed E-state index contributed by atoms with van der Waals surface area (Å²) in [5.41, 5.74) is 16.5. The Morgan fingerprint density at radius 3 is 2.37 bits per heavy atom. The van der Waals surface area contributed by atoms with Gasteiger partial charge >= 0.3 is 0 Å². The molecule has 0 aliphatic carbocycles. The highest BCUT2D eigenvalue weighted by Crippen LogP contribution is 2.26.